The van der Waals surface area contributed by atoms with E-state index in [0.29, 0.717) is 0 Å². The summed E-state index contributed by atoms with van der Waals surface area (Å²) in [4.78, 5) is 0. The van der Waals surface area contributed by atoms with E-state index < -0.39 is 12.7 Å². The van der Waals surface area contributed by atoms with Gasteiger partial charge < -0.3 is 9.31 Å². The molecule has 29 heavy (non-hydrogen) atoms. The summed E-state index contributed by atoms with van der Waals surface area (Å²) in [6, 6.07) is 30.6. The van der Waals surface area contributed by atoms with Gasteiger partial charge in [-0.2, -0.15) is 0 Å². The molecular formula is C26H25BO2. The van der Waals surface area contributed by atoms with E-state index in [9.17, 15) is 0 Å². The molecule has 0 radical (unpaired) electrons. The quantitative estimate of drug-likeness (QED) is 0.470. The molecule has 1 heterocycles. The Hall–Kier alpha value is -2.80. The molecule has 0 N–H and O–H groups in total. The highest BCUT2D eigenvalue weighted by atomic mass is 16.6. The summed E-state index contributed by atoms with van der Waals surface area (Å²) in [5.41, 5.74) is 2.56. The summed E-state index contributed by atoms with van der Waals surface area (Å²) in [6.45, 7) is 4.33. The zero-order valence-electron chi connectivity index (χ0n) is 16.9. The van der Waals surface area contributed by atoms with Crippen molar-refractivity contribution in [3.05, 3.63) is 102 Å². The largest absolute Gasteiger partial charge is 0.495 e. The third kappa shape index (κ3) is 4.15. The maximum absolute atomic E-state index is 6.60. The average Bonchev–Trinajstić information content (AvgIpc) is 2.80. The Morgan fingerprint density at radius 3 is 2.07 bits per heavy atom. The van der Waals surface area contributed by atoms with Gasteiger partial charge in [0.2, 0.25) is 0 Å². The van der Waals surface area contributed by atoms with Gasteiger partial charge in [0.25, 0.3) is 0 Å². The van der Waals surface area contributed by atoms with E-state index in [4.69, 9.17) is 9.31 Å². The zero-order chi connectivity index (χ0) is 20.1. The van der Waals surface area contributed by atoms with Crippen LogP contribution in [-0.2, 0) is 9.31 Å². The summed E-state index contributed by atoms with van der Waals surface area (Å²) in [7, 11) is -0.456. The monoisotopic (exact) mass is 380 g/mol. The molecule has 144 valence electrons. The Morgan fingerprint density at radius 2 is 1.45 bits per heavy atom. The minimum absolute atomic E-state index is 0.0751. The Balaban J connectivity index is 1.76. The minimum Gasteiger partial charge on any atom is -0.400 e. The van der Waals surface area contributed by atoms with Gasteiger partial charge in [0.15, 0.2) is 0 Å². The first-order valence-corrected chi connectivity index (χ1v) is 10.2. The maximum Gasteiger partial charge on any atom is 0.495 e. The van der Waals surface area contributed by atoms with Crippen LogP contribution in [0.15, 0.2) is 91.0 Å². The highest BCUT2D eigenvalue weighted by Gasteiger charge is 2.49. The predicted octanol–water partition coefficient (Wildman–Crippen LogP) is 5.01. The van der Waals surface area contributed by atoms with Crippen molar-refractivity contribution in [1.82, 2.24) is 0 Å². The lowest BCUT2D eigenvalue weighted by molar-refractivity contribution is -0.0702. The van der Waals surface area contributed by atoms with Crippen LogP contribution in [0, 0.1) is 17.8 Å². The molecule has 0 spiro atoms. The summed E-state index contributed by atoms with van der Waals surface area (Å²) in [6.07, 6.45) is 0.685. The Labute approximate surface area is 174 Å². The summed E-state index contributed by atoms with van der Waals surface area (Å²) in [5, 5.41) is 0. The van der Waals surface area contributed by atoms with Gasteiger partial charge in [-0.1, -0.05) is 105 Å². The van der Waals surface area contributed by atoms with E-state index in [-0.39, 0.29) is 12.0 Å². The van der Waals surface area contributed by atoms with Gasteiger partial charge in [-0.25, -0.2) is 0 Å². The van der Waals surface area contributed by atoms with Crippen molar-refractivity contribution in [3.8, 4) is 11.8 Å². The Kier molecular flexibility index (Phi) is 5.85. The Bertz CT molecular complexity index is 979. The van der Waals surface area contributed by atoms with Crippen LogP contribution in [-0.4, -0.2) is 12.7 Å². The Morgan fingerprint density at radius 1 is 0.862 bits per heavy atom. The van der Waals surface area contributed by atoms with Crippen LogP contribution in [0.5, 0.6) is 0 Å². The normalized spacial score (nSPS) is 23.9. The molecule has 4 rings (SSSR count). The van der Waals surface area contributed by atoms with Gasteiger partial charge in [0.1, 0.15) is 5.60 Å². The molecule has 3 aromatic rings. The van der Waals surface area contributed by atoms with Crippen LogP contribution >= 0.6 is 0 Å². The summed E-state index contributed by atoms with van der Waals surface area (Å²) >= 11 is 0. The molecule has 1 fully saturated rings. The lowest BCUT2D eigenvalue weighted by atomic mass is 9.69. The molecule has 0 aliphatic carbocycles. The molecule has 0 amide bonds. The first kappa shape index (κ1) is 19.5. The fourth-order valence-electron chi connectivity index (χ4n) is 3.92. The van der Waals surface area contributed by atoms with Gasteiger partial charge in [0.05, 0.1) is 6.10 Å². The number of rotatable bonds is 3. The predicted molar refractivity (Wildman–Crippen MR) is 119 cm³/mol. The molecule has 2 nitrogen and oxygen atoms in total. The fraction of sp³-hybridized carbons (Fsp3) is 0.231. The van der Waals surface area contributed by atoms with E-state index in [0.717, 1.165) is 23.0 Å². The first-order valence-electron chi connectivity index (χ1n) is 10.2. The summed E-state index contributed by atoms with van der Waals surface area (Å²) < 4.78 is 13.1. The van der Waals surface area contributed by atoms with Crippen molar-refractivity contribution in [1.29, 1.82) is 0 Å². The molecule has 0 aromatic heterocycles. The standard InChI is InChI=1S/C26H25BO2/c1-3-26(20-19-22-13-7-4-8-14-22)21(2)25(23-15-9-5-10-16-23)28-27(29-26)24-17-11-6-12-18-24/h4-18,21,25H,3H2,1-2H3/t21-,25-,26+/m0/s1. The van der Waals surface area contributed by atoms with E-state index in [2.05, 4.69) is 50.0 Å². The topological polar surface area (TPSA) is 18.5 Å². The van der Waals surface area contributed by atoms with Crippen molar-refractivity contribution in [3.63, 3.8) is 0 Å². The number of hydrogen-bond acceptors (Lipinski definition) is 2. The first-order chi connectivity index (χ1) is 14.2. The van der Waals surface area contributed by atoms with E-state index >= 15 is 0 Å². The lowest BCUT2D eigenvalue weighted by Crippen LogP contribution is -2.56. The molecule has 0 saturated carbocycles. The van der Waals surface area contributed by atoms with E-state index in [1.165, 1.54) is 0 Å². The lowest BCUT2D eigenvalue weighted by Gasteiger charge is -2.46. The molecular weight excluding hydrogens is 355 g/mol. The zero-order valence-corrected chi connectivity index (χ0v) is 16.9. The van der Waals surface area contributed by atoms with Crippen molar-refractivity contribution >= 4 is 12.6 Å². The number of hydrogen-bond donors (Lipinski definition) is 0. The SMILES string of the molecule is CC[C@]1(C#Cc2ccccc2)OB(c2ccccc2)O[C@H](c2ccccc2)[C@@H]1C. The molecule has 3 atom stereocenters. The molecule has 1 aliphatic rings. The van der Waals surface area contributed by atoms with Crippen molar-refractivity contribution in [2.24, 2.45) is 5.92 Å². The molecule has 1 saturated heterocycles. The fourth-order valence-corrected chi connectivity index (χ4v) is 3.92. The third-order valence-corrected chi connectivity index (χ3v) is 5.69. The molecule has 0 bridgehead atoms. The highest BCUT2D eigenvalue weighted by molar-refractivity contribution is 6.61. The van der Waals surface area contributed by atoms with Crippen LogP contribution in [0.1, 0.15) is 37.5 Å². The molecule has 1 aliphatic heterocycles. The van der Waals surface area contributed by atoms with Gasteiger partial charge in [-0.3, -0.25) is 0 Å². The number of benzene rings is 3. The van der Waals surface area contributed by atoms with Crippen molar-refractivity contribution < 1.29 is 9.31 Å². The average molecular weight is 380 g/mol. The maximum atomic E-state index is 6.60. The van der Waals surface area contributed by atoms with Crippen LogP contribution in [0.4, 0.5) is 0 Å². The van der Waals surface area contributed by atoms with Crippen molar-refractivity contribution in [2.75, 3.05) is 0 Å². The minimum atomic E-state index is -0.602. The smallest absolute Gasteiger partial charge is 0.400 e. The molecule has 3 heteroatoms. The molecule has 0 unspecified atom stereocenters. The van der Waals surface area contributed by atoms with E-state index in [1.807, 2.05) is 66.7 Å². The second-order valence-corrected chi connectivity index (χ2v) is 7.48. The second kappa shape index (κ2) is 8.70. The van der Waals surface area contributed by atoms with Crippen LogP contribution in [0.25, 0.3) is 0 Å². The highest BCUT2D eigenvalue weighted by Crippen LogP contribution is 2.42. The van der Waals surface area contributed by atoms with Crippen molar-refractivity contribution in [2.45, 2.75) is 32.0 Å². The van der Waals surface area contributed by atoms with Crippen LogP contribution in [0.3, 0.4) is 0 Å². The van der Waals surface area contributed by atoms with Gasteiger partial charge in [-0.15, -0.1) is 0 Å². The van der Waals surface area contributed by atoms with Gasteiger partial charge in [-0.05, 0) is 29.6 Å². The molecule has 3 aromatic carbocycles. The second-order valence-electron chi connectivity index (χ2n) is 7.48. The summed E-state index contributed by atoms with van der Waals surface area (Å²) in [5.74, 6) is 6.92. The van der Waals surface area contributed by atoms with E-state index in [1.54, 1.807) is 0 Å². The third-order valence-electron chi connectivity index (χ3n) is 5.69. The van der Waals surface area contributed by atoms with Crippen LogP contribution in [0.2, 0.25) is 0 Å². The van der Waals surface area contributed by atoms with Crippen LogP contribution < -0.4 is 5.46 Å². The van der Waals surface area contributed by atoms with Gasteiger partial charge in [0, 0.05) is 11.5 Å². The van der Waals surface area contributed by atoms with Gasteiger partial charge >= 0.3 is 7.12 Å².